The van der Waals surface area contributed by atoms with Gasteiger partial charge in [0.1, 0.15) is 12.4 Å². The van der Waals surface area contributed by atoms with Crippen molar-refractivity contribution in [3.8, 4) is 17.1 Å². The van der Waals surface area contributed by atoms with E-state index in [9.17, 15) is 0 Å². The normalized spacial score (nSPS) is 14.3. The van der Waals surface area contributed by atoms with Crippen LogP contribution in [0.2, 0.25) is 0 Å². The number of nitrogens with zero attached hydrogens (tertiary/aromatic N) is 1. The molecule has 0 aliphatic carbocycles. The Morgan fingerprint density at radius 1 is 0.879 bits per heavy atom. The third kappa shape index (κ3) is 5.01. The summed E-state index contributed by atoms with van der Waals surface area (Å²) in [6.45, 7) is 2.74. The molecule has 2 N–H and O–H groups in total. The number of hydrogen-bond donors (Lipinski definition) is 2. The van der Waals surface area contributed by atoms with Gasteiger partial charge in [-0.3, -0.25) is 4.99 Å². The summed E-state index contributed by atoms with van der Waals surface area (Å²) in [6.07, 6.45) is 11.0. The molecule has 0 saturated heterocycles. The molecule has 0 radical (unpaired) electrons. The van der Waals surface area contributed by atoms with E-state index in [2.05, 4.69) is 77.6 Å². The lowest BCUT2D eigenvalue weighted by atomic mass is 10.1. The van der Waals surface area contributed by atoms with Crippen LogP contribution in [0.1, 0.15) is 43.9 Å². The van der Waals surface area contributed by atoms with Crippen molar-refractivity contribution < 1.29 is 4.74 Å². The summed E-state index contributed by atoms with van der Waals surface area (Å²) in [6, 6.07) is 22.8. The van der Waals surface area contributed by atoms with Crippen molar-refractivity contribution in [1.29, 1.82) is 0 Å². The molecule has 0 atom stereocenters. The Balaban J connectivity index is 1.44. The predicted molar refractivity (Wildman–Crippen MR) is 138 cm³/mol. The number of aromatic nitrogens is 2. The minimum Gasteiger partial charge on any atom is -0.487 e. The summed E-state index contributed by atoms with van der Waals surface area (Å²) in [5, 5.41) is 1.19. The monoisotopic (exact) mass is 435 g/mol. The highest BCUT2D eigenvalue weighted by Crippen LogP contribution is 2.32. The quantitative estimate of drug-likeness (QED) is 0.260. The zero-order valence-corrected chi connectivity index (χ0v) is 19.0. The molecular weight excluding hydrogens is 406 g/mol. The molecule has 0 fully saturated rings. The van der Waals surface area contributed by atoms with Crippen LogP contribution in [0, 0.1) is 0 Å². The highest BCUT2D eigenvalue weighted by atomic mass is 16.5. The topological polar surface area (TPSA) is 53.2 Å². The third-order valence-corrected chi connectivity index (χ3v) is 5.92. The van der Waals surface area contributed by atoms with E-state index in [0.29, 0.717) is 6.61 Å². The maximum atomic E-state index is 6.25. The Morgan fingerprint density at radius 2 is 1.70 bits per heavy atom. The summed E-state index contributed by atoms with van der Waals surface area (Å²) in [5.41, 5.74) is 7.33. The van der Waals surface area contributed by atoms with E-state index < -0.39 is 0 Å². The molecule has 1 aliphatic rings. The summed E-state index contributed by atoms with van der Waals surface area (Å²) < 4.78 is 6.25. The Bertz CT molecular complexity index is 1290. The molecule has 0 bridgehead atoms. The fourth-order valence-corrected chi connectivity index (χ4v) is 4.12. The number of allylic oxidation sites excluding steroid dienone is 2. The molecule has 0 unspecified atom stereocenters. The third-order valence-electron chi connectivity index (χ3n) is 5.92. The summed E-state index contributed by atoms with van der Waals surface area (Å²) >= 11 is 0. The van der Waals surface area contributed by atoms with Crippen LogP contribution in [0.5, 0.6) is 5.75 Å². The smallest absolute Gasteiger partial charge is 0.145 e. The molecular formula is C29H29N3O. The van der Waals surface area contributed by atoms with Gasteiger partial charge in [0.2, 0.25) is 0 Å². The maximum absolute atomic E-state index is 6.25. The number of benzene rings is 2. The number of aromatic amines is 2. The molecule has 2 aromatic heterocycles. The second-order valence-electron chi connectivity index (χ2n) is 8.47. The molecule has 0 spiro atoms. The lowest BCUT2D eigenvalue weighted by Gasteiger charge is -2.05. The first kappa shape index (κ1) is 21.1. The molecule has 5 rings (SSSR count). The van der Waals surface area contributed by atoms with Gasteiger partial charge in [0.25, 0.3) is 0 Å². The van der Waals surface area contributed by atoms with Crippen molar-refractivity contribution in [2.24, 2.45) is 4.99 Å². The number of aliphatic imine (C=N–C) groups is 1. The van der Waals surface area contributed by atoms with E-state index in [1.165, 1.54) is 24.6 Å². The SMILES string of the molecule is CCCCCC1=NC(=Cc2[nH]c(-c3cc4ccccc4[nH]3)cc2OCc2ccccc2)C=C1. The first-order chi connectivity index (χ1) is 16.3. The van der Waals surface area contributed by atoms with Crippen LogP contribution in [0.25, 0.3) is 28.4 Å². The fourth-order valence-electron chi connectivity index (χ4n) is 4.12. The van der Waals surface area contributed by atoms with E-state index in [-0.39, 0.29) is 0 Å². The minimum atomic E-state index is 0.516. The number of hydrogen-bond acceptors (Lipinski definition) is 2. The van der Waals surface area contributed by atoms with Gasteiger partial charge in [-0.25, -0.2) is 0 Å². The second-order valence-corrected chi connectivity index (χ2v) is 8.47. The van der Waals surface area contributed by atoms with Crippen molar-refractivity contribution in [2.45, 2.75) is 39.2 Å². The molecule has 3 heterocycles. The number of para-hydroxylation sites is 1. The average molecular weight is 436 g/mol. The van der Waals surface area contributed by atoms with Gasteiger partial charge in [0.15, 0.2) is 0 Å². The molecule has 1 aliphatic heterocycles. The van der Waals surface area contributed by atoms with Crippen molar-refractivity contribution in [3.63, 3.8) is 0 Å². The van der Waals surface area contributed by atoms with Crippen LogP contribution in [0.15, 0.2) is 89.6 Å². The number of rotatable bonds is 9. The second kappa shape index (κ2) is 9.78. The number of fused-ring (bicyclic) bond motifs is 1. The zero-order chi connectivity index (χ0) is 22.5. The summed E-state index contributed by atoms with van der Waals surface area (Å²) in [4.78, 5) is 11.9. The van der Waals surface area contributed by atoms with Gasteiger partial charge in [-0.1, -0.05) is 68.3 Å². The van der Waals surface area contributed by atoms with E-state index in [1.807, 2.05) is 24.3 Å². The summed E-state index contributed by atoms with van der Waals surface area (Å²) in [7, 11) is 0. The number of unbranched alkanes of at least 4 members (excludes halogenated alkanes) is 2. The maximum Gasteiger partial charge on any atom is 0.145 e. The Morgan fingerprint density at radius 3 is 2.55 bits per heavy atom. The van der Waals surface area contributed by atoms with Gasteiger partial charge in [-0.15, -0.1) is 0 Å². The molecule has 0 saturated carbocycles. The molecule has 4 nitrogen and oxygen atoms in total. The molecule has 4 heteroatoms. The van der Waals surface area contributed by atoms with E-state index in [4.69, 9.17) is 9.73 Å². The predicted octanol–water partition coefficient (Wildman–Crippen LogP) is 7.67. The lowest BCUT2D eigenvalue weighted by molar-refractivity contribution is 0.306. The van der Waals surface area contributed by atoms with E-state index in [0.717, 1.165) is 51.7 Å². The summed E-state index contributed by atoms with van der Waals surface area (Å²) in [5.74, 6) is 0.822. The van der Waals surface area contributed by atoms with Gasteiger partial charge in [-0.05, 0) is 48.8 Å². The Hall–Kier alpha value is -3.79. The van der Waals surface area contributed by atoms with Crippen molar-refractivity contribution in [3.05, 3.63) is 95.8 Å². The molecule has 2 aromatic carbocycles. The van der Waals surface area contributed by atoms with Crippen molar-refractivity contribution in [1.82, 2.24) is 9.97 Å². The van der Waals surface area contributed by atoms with Crippen molar-refractivity contribution in [2.75, 3.05) is 0 Å². The van der Waals surface area contributed by atoms with Crippen LogP contribution in [0.4, 0.5) is 0 Å². The highest BCUT2D eigenvalue weighted by Gasteiger charge is 2.13. The standard InChI is InChI=1S/C29H29N3O/c1-2-3-5-13-23-15-16-24(30-23)18-28-29(33-20-21-10-6-4-7-11-21)19-27(32-28)26-17-22-12-8-9-14-25(22)31-26/h4,6-12,14-19,31-32H,2-3,5,13,20H2,1H3. The van der Waals surface area contributed by atoms with E-state index >= 15 is 0 Å². The number of nitrogens with one attached hydrogen (secondary N) is 2. The van der Waals surface area contributed by atoms with Crippen LogP contribution >= 0.6 is 0 Å². The van der Waals surface area contributed by atoms with E-state index in [1.54, 1.807) is 0 Å². The van der Waals surface area contributed by atoms with Gasteiger partial charge in [0.05, 0.1) is 22.8 Å². The molecule has 33 heavy (non-hydrogen) atoms. The molecule has 0 amide bonds. The Kier molecular flexibility index (Phi) is 6.25. The van der Waals surface area contributed by atoms with Gasteiger partial charge < -0.3 is 14.7 Å². The Labute approximate surface area is 194 Å². The largest absolute Gasteiger partial charge is 0.487 e. The lowest BCUT2D eigenvalue weighted by Crippen LogP contribution is -1.95. The highest BCUT2D eigenvalue weighted by molar-refractivity contribution is 5.99. The molecule has 166 valence electrons. The van der Waals surface area contributed by atoms with Crippen LogP contribution in [-0.2, 0) is 6.61 Å². The first-order valence-corrected chi connectivity index (χ1v) is 11.7. The van der Waals surface area contributed by atoms with Crippen LogP contribution < -0.4 is 4.74 Å². The van der Waals surface area contributed by atoms with Gasteiger partial charge in [-0.2, -0.15) is 0 Å². The average Bonchev–Trinajstić information content (AvgIpc) is 3.57. The fraction of sp³-hybridized carbons (Fsp3) is 0.207. The van der Waals surface area contributed by atoms with Gasteiger partial charge >= 0.3 is 0 Å². The molecule has 4 aromatic rings. The zero-order valence-electron chi connectivity index (χ0n) is 19.0. The number of ether oxygens (including phenoxy) is 1. The minimum absolute atomic E-state index is 0.516. The number of H-pyrrole nitrogens is 2. The van der Waals surface area contributed by atoms with Crippen molar-refractivity contribution >= 4 is 22.7 Å². The van der Waals surface area contributed by atoms with Crippen LogP contribution in [-0.4, -0.2) is 15.7 Å². The van der Waals surface area contributed by atoms with Crippen LogP contribution in [0.3, 0.4) is 0 Å². The first-order valence-electron chi connectivity index (χ1n) is 11.7. The van der Waals surface area contributed by atoms with Gasteiger partial charge in [0, 0.05) is 22.7 Å².